The van der Waals surface area contributed by atoms with Crippen LogP contribution in [0.4, 0.5) is 13.2 Å². The van der Waals surface area contributed by atoms with Crippen molar-refractivity contribution in [2.24, 2.45) is 5.41 Å². The zero-order chi connectivity index (χ0) is 20.7. The number of halogens is 3. The van der Waals surface area contributed by atoms with Gasteiger partial charge in [-0.05, 0) is 48.3 Å². The molecule has 1 N–H and O–H groups in total. The standard InChI is InChI=1S/C22H26F3NO2/c1-5-16-19(20(27)28-4)18(13-7-6-8-14(11-13)22(23,24)25)15-12-21(2,3)10-9-17(15)26-16/h6-8,11,18,26H,5,9-10,12H2,1-4H3. The molecule has 3 nitrogen and oxygen atoms in total. The molecule has 1 atom stereocenters. The Morgan fingerprint density at radius 1 is 1.32 bits per heavy atom. The molecule has 0 bridgehead atoms. The van der Waals surface area contributed by atoms with Gasteiger partial charge in [-0.3, -0.25) is 0 Å². The summed E-state index contributed by atoms with van der Waals surface area (Å²) in [6, 6.07) is 5.31. The average molecular weight is 393 g/mol. The van der Waals surface area contributed by atoms with Crippen molar-refractivity contribution in [3.63, 3.8) is 0 Å². The third kappa shape index (κ3) is 3.82. The molecule has 0 aromatic heterocycles. The molecular formula is C22H26F3NO2. The number of alkyl halides is 3. The van der Waals surface area contributed by atoms with Gasteiger partial charge in [-0.15, -0.1) is 0 Å². The van der Waals surface area contributed by atoms with Crippen molar-refractivity contribution in [1.29, 1.82) is 0 Å². The molecule has 0 spiro atoms. The van der Waals surface area contributed by atoms with E-state index in [1.54, 1.807) is 6.07 Å². The summed E-state index contributed by atoms with van der Waals surface area (Å²) in [6.45, 7) is 6.22. The third-order valence-electron chi connectivity index (χ3n) is 5.68. The molecule has 0 fully saturated rings. The van der Waals surface area contributed by atoms with Crippen LogP contribution in [0.15, 0.2) is 46.8 Å². The van der Waals surface area contributed by atoms with Crippen LogP contribution < -0.4 is 5.32 Å². The maximum absolute atomic E-state index is 13.3. The van der Waals surface area contributed by atoms with Gasteiger partial charge in [0, 0.05) is 17.3 Å². The highest BCUT2D eigenvalue weighted by atomic mass is 19.4. The molecule has 2 aliphatic rings. The molecule has 0 saturated carbocycles. The minimum Gasteiger partial charge on any atom is -0.466 e. The molecule has 1 heterocycles. The van der Waals surface area contributed by atoms with Crippen molar-refractivity contribution in [2.75, 3.05) is 7.11 Å². The van der Waals surface area contributed by atoms with Gasteiger partial charge in [0.25, 0.3) is 0 Å². The normalized spacial score (nSPS) is 21.9. The van der Waals surface area contributed by atoms with Crippen LogP contribution in [0.1, 0.15) is 63.5 Å². The first kappa shape index (κ1) is 20.5. The zero-order valence-electron chi connectivity index (χ0n) is 16.7. The fourth-order valence-corrected chi connectivity index (χ4v) is 4.24. The van der Waals surface area contributed by atoms with Gasteiger partial charge >= 0.3 is 12.1 Å². The molecular weight excluding hydrogens is 367 g/mol. The Kier molecular flexibility index (Phi) is 5.34. The highest BCUT2D eigenvalue weighted by Crippen LogP contribution is 2.49. The molecule has 6 heteroatoms. The quantitative estimate of drug-likeness (QED) is 0.670. The Morgan fingerprint density at radius 2 is 2.04 bits per heavy atom. The summed E-state index contributed by atoms with van der Waals surface area (Å²) < 4.78 is 45.0. The van der Waals surface area contributed by atoms with Crippen LogP contribution in [0.2, 0.25) is 0 Å². The van der Waals surface area contributed by atoms with Crippen LogP contribution >= 0.6 is 0 Å². The van der Waals surface area contributed by atoms with E-state index in [-0.39, 0.29) is 5.41 Å². The summed E-state index contributed by atoms with van der Waals surface area (Å²) in [5.74, 6) is -1.03. The first-order chi connectivity index (χ1) is 13.1. The van der Waals surface area contributed by atoms with Crippen LogP contribution in [0.25, 0.3) is 0 Å². The SMILES string of the molecule is CCC1=C(C(=O)OC)C(c2cccc(C(F)(F)F)c2)C2=C(CCC(C)(C)C2)N1. The second-order valence-electron chi connectivity index (χ2n) is 8.26. The summed E-state index contributed by atoms with van der Waals surface area (Å²) in [5.41, 5.74) is 2.97. The van der Waals surface area contributed by atoms with E-state index in [1.807, 2.05) is 6.92 Å². The van der Waals surface area contributed by atoms with Gasteiger partial charge in [-0.1, -0.05) is 39.0 Å². The second-order valence-corrected chi connectivity index (χ2v) is 8.26. The fourth-order valence-electron chi connectivity index (χ4n) is 4.24. The third-order valence-corrected chi connectivity index (χ3v) is 5.68. The minimum atomic E-state index is -4.44. The highest BCUT2D eigenvalue weighted by molar-refractivity contribution is 5.92. The largest absolute Gasteiger partial charge is 0.466 e. The number of rotatable bonds is 3. The topological polar surface area (TPSA) is 38.3 Å². The predicted octanol–water partition coefficient (Wildman–Crippen LogP) is 5.69. The Hall–Kier alpha value is -2.24. The number of allylic oxidation sites excluding steroid dienone is 3. The van der Waals surface area contributed by atoms with Crippen LogP contribution in [0.5, 0.6) is 0 Å². The van der Waals surface area contributed by atoms with E-state index in [0.717, 1.165) is 35.9 Å². The Morgan fingerprint density at radius 3 is 2.64 bits per heavy atom. The summed E-state index contributed by atoms with van der Waals surface area (Å²) in [5, 5.41) is 3.39. The molecule has 0 amide bonds. The first-order valence-corrected chi connectivity index (χ1v) is 9.55. The van der Waals surface area contributed by atoms with E-state index < -0.39 is 23.6 Å². The van der Waals surface area contributed by atoms with Crippen molar-refractivity contribution < 1.29 is 22.7 Å². The van der Waals surface area contributed by atoms with Crippen molar-refractivity contribution in [1.82, 2.24) is 5.32 Å². The number of carbonyl (C=O) groups is 1. The maximum atomic E-state index is 13.3. The number of nitrogens with one attached hydrogen (secondary N) is 1. The molecule has 1 unspecified atom stereocenters. The molecule has 1 aliphatic carbocycles. The number of ether oxygens (including phenoxy) is 1. The van der Waals surface area contributed by atoms with E-state index in [4.69, 9.17) is 4.74 Å². The Balaban J connectivity index is 2.21. The number of benzene rings is 1. The average Bonchev–Trinajstić information content (AvgIpc) is 2.64. The van der Waals surface area contributed by atoms with E-state index in [2.05, 4.69) is 19.2 Å². The molecule has 28 heavy (non-hydrogen) atoms. The lowest BCUT2D eigenvalue weighted by molar-refractivity contribution is -0.137. The van der Waals surface area contributed by atoms with E-state index >= 15 is 0 Å². The first-order valence-electron chi connectivity index (χ1n) is 9.55. The summed E-state index contributed by atoms with van der Waals surface area (Å²) >= 11 is 0. The summed E-state index contributed by atoms with van der Waals surface area (Å²) in [7, 11) is 1.31. The van der Waals surface area contributed by atoms with Crippen molar-refractivity contribution in [3.8, 4) is 0 Å². The highest BCUT2D eigenvalue weighted by Gasteiger charge is 2.40. The molecule has 0 saturated heterocycles. The van der Waals surface area contributed by atoms with Crippen LogP contribution in [-0.2, 0) is 15.7 Å². The Bertz CT molecular complexity index is 850. The summed E-state index contributed by atoms with van der Waals surface area (Å²) in [6.07, 6.45) is -1.35. The maximum Gasteiger partial charge on any atom is 0.416 e. The molecule has 3 rings (SSSR count). The van der Waals surface area contributed by atoms with Crippen LogP contribution in [-0.4, -0.2) is 13.1 Å². The van der Waals surface area contributed by atoms with Crippen molar-refractivity contribution in [3.05, 3.63) is 57.9 Å². The van der Waals surface area contributed by atoms with Gasteiger partial charge in [0.2, 0.25) is 0 Å². The predicted molar refractivity (Wildman–Crippen MR) is 101 cm³/mol. The lowest BCUT2D eigenvalue weighted by atomic mass is 9.68. The second kappa shape index (κ2) is 7.30. The van der Waals surface area contributed by atoms with Crippen LogP contribution in [0.3, 0.4) is 0 Å². The van der Waals surface area contributed by atoms with Gasteiger partial charge in [0.15, 0.2) is 0 Å². The summed E-state index contributed by atoms with van der Waals surface area (Å²) in [4.78, 5) is 12.7. The smallest absolute Gasteiger partial charge is 0.416 e. The lowest BCUT2D eigenvalue weighted by Gasteiger charge is -2.41. The van der Waals surface area contributed by atoms with Gasteiger partial charge in [-0.25, -0.2) is 4.79 Å². The number of methoxy groups -OCH3 is 1. The van der Waals surface area contributed by atoms with Crippen molar-refractivity contribution >= 4 is 5.97 Å². The zero-order valence-corrected chi connectivity index (χ0v) is 16.7. The number of esters is 1. The van der Waals surface area contributed by atoms with Gasteiger partial charge < -0.3 is 10.1 Å². The molecule has 0 radical (unpaired) electrons. The monoisotopic (exact) mass is 393 g/mol. The van der Waals surface area contributed by atoms with E-state index in [9.17, 15) is 18.0 Å². The minimum absolute atomic E-state index is 0.0192. The van der Waals surface area contributed by atoms with E-state index in [0.29, 0.717) is 24.0 Å². The molecule has 1 aliphatic heterocycles. The molecule has 152 valence electrons. The van der Waals surface area contributed by atoms with Gasteiger partial charge in [0.1, 0.15) is 0 Å². The number of hydrogen-bond acceptors (Lipinski definition) is 3. The van der Waals surface area contributed by atoms with Gasteiger partial charge in [-0.2, -0.15) is 13.2 Å². The number of hydrogen-bond donors (Lipinski definition) is 1. The fraction of sp³-hybridized carbons (Fsp3) is 0.500. The number of dihydropyridines is 1. The number of carbonyl (C=O) groups excluding carboxylic acids is 1. The Labute approximate surface area is 163 Å². The lowest BCUT2D eigenvalue weighted by Crippen LogP contribution is -2.35. The van der Waals surface area contributed by atoms with Crippen molar-refractivity contribution in [2.45, 2.75) is 58.5 Å². The van der Waals surface area contributed by atoms with E-state index in [1.165, 1.54) is 19.2 Å². The van der Waals surface area contributed by atoms with Crippen LogP contribution in [0, 0.1) is 5.41 Å². The molecule has 1 aromatic rings. The molecule has 1 aromatic carbocycles. The van der Waals surface area contributed by atoms with Gasteiger partial charge in [0.05, 0.1) is 18.2 Å².